The summed E-state index contributed by atoms with van der Waals surface area (Å²) in [4.78, 5) is 16.3. The normalized spacial score (nSPS) is 20.2. The van der Waals surface area contributed by atoms with Crippen molar-refractivity contribution in [2.75, 3.05) is 40.5 Å². The van der Waals surface area contributed by atoms with Gasteiger partial charge in [-0.3, -0.25) is 14.4 Å². The fourth-order valence-electron chi connectivity index (χ4n) is 4.17. The second kappa shape index (κ2) is 12.7. The van der Waals surface area contributed by atoms with Crippen LogP contribution in [0.2, 0.25) is 10.0 Å². The van der Waals surface area contributed by atoms with E-state index in [2.05, 4.69) is 19.9 Å². The van der Waals surface area contributed by atoms with Crippen LogP contribution >= 0.6 is 46.9 Å². The molecule has 2 heterocycles. The summed E-state index contributed by atoms with van der Waals surface area (Å²) in [6, 6.07) is 11.7. The smallest absolute Gasteiger partial charge is 0.226 e. The van der Waals surface area contributed by atoms with E-state index in [0.29, 0.717) is 34.7 Å². The van der Waals surface area contributed by atoms with E-state index < -0.39 is 0 Å². The molecule has 0 saturated carbocycles. The van der Waals surface area contributed by atoms with Crippen LogP contribution in [0.4, 0.5) is 0 Å². The highest BCUT2D eigenvalue weighted by molar-refractivity contribution is 8.18. The van der Waals surface area contributed by atoms with Crippen LogP contribution in [-0.2, 0) is 16.1 Å². The number of ether oxygens (including phenoxy) is 3. The maximum absolute atomic E-state index is 11.6. The Kier molecular flexibility index (Phi) is 9.60. The number of hydrogen-bond acceptors (Lipinski definition) is 8. The zero-order valence-electron chi connectivity index (χ0n) is 20.3. The number of amides is 1. The van der Waals surface area contributed by atoms with Gasteiger partial charge in [-0.05, 0) is 53.3 Å². The van der Waals surface area contributed by atoms with Crippen molar-refractivity contribution in [3.63, 3.8) is 0 Å². The van der Waals surface area contributed by atoms with Crippen LogP contribution < -0.4 is 14.2 Å². The van der Waals surface area contributed by atoms with Crippen LogP contribution in [0.15, 0.2) is 41.8 Å². The average Bonchev–Trinajstić information content (AvgIpc) is 3.27. The largest absolute Gasteiger partial charge is 0.493 e. The summed E-state index contributed by atoms with van der Waals surface area (Å²) in [6.07, 6.45) is -0.0100. The molecular weight excluding hydrogens is 541 g/mol. The second-order valence-corrected chi connectivity index (χ2v) is 11.4. The van der Waals surface area contributed by atoms with E-state index in [1.54, 1.807) is 26.0 Å². The van der Waals surface area contributed by atoms with Crippen molar-refractivity contribution in [3.05, 3.63) is 63.0 Å². The lowest BCUT2D eigenvalue weighted by Gasteiger charge is -2.37. The van der Waals surface area contributed by atoms with Crippen LogP contribution in [-0.4, -0.2) is 67.0 Å². The fourth-order valence-corrected chi connectivity index (χ4v) is 6.48. The molecule has 2 aliphatic heterocycles. The Morgan fingerprint density at radius 3 is 2.69 bits per heavy atom. The molecule has 0 aliphatic carbocycles. The van der Waals surface area contributed by atoms with Gasteiger partial charge in [0.15, 0.2) is 11.5 Å². The summed E-state index contributed by atoms with van der Waals surface area (Å²) < 4.78 is 20.0. The molecule has 1 saturated heterocycles. The maximum atomic E-state index is 11.6. The van der Waals surface area contributed by atoms with Gasteiger partial charge in [-0.1, -0.05) is 41.0 Å². The van der Waals surface area contributed by atoms with Gasteiger partial charge in [0.2, 0.25) is 5.91 Å². The van der Waals surface area contributed by atoms with Gasteiger partial charge in [-0.25, -0.2) is 0 Å². The van der Waals surface area contributed by atoms with Gasteiger partial charge in [-0.15, -0.1) is 0 Å². The molecule has 36 heavy (non-hydrogen) atoms. The van der Waals surface area contributed by atoms with E-state index in [1.165, 1.54) is 18.9 Å². The summed E-state index contributed by atoms with van der Waals surface area (Å²) in [5.74, 6) is 1.26. The molecule has 1 unspecified atom stereocenters. The maximum Gasteiger partial charge on any atom is 0.226 e. The standard InChI is InChI=1S/C25H29Cl2N3O4S2/c1-16(31)28-36-25-30(22(15-35-25)18-5-7-23(32-2)24(11-18)33-3)14-19-13-29(8-9-34-19)12-17-4-6-20(26)21(27)10-17/h4-7,10-11,15,19,25H,8-9,12-14H2,1-3H3,(H,28,31)/t19?,25-/m0/s1. The molecule has 7 nitrogen and oxygen atoms in total. The molecule has 194 valence electrons. The zero-order valence-corrected chi connectivity index (χ0v) is 23.5. The van der Waals surface area contributed by atoms with Crippen molar-refractivity contribution < 1.29 is 19.0 Å². The minimum absolute atomic E-state index is 0.0100. The summed E-state index contributed by atoms with van der Waals surface area (Å²) in [7, 11) is 3.25. The van der Waals surface area contributed by atoms with Crippen LogP contribution in [0.3, 0.4) is 0 Å². The van der Waals surface area contributed by atoms with Crippen molar-refractivity contribution in [2.24, 2.45) is 0 Å². The number of rotatable bonds is 9. The molecular formula is C25H29Cl2N3O4S2. The van der Waals surface area contributed by atoms with Crippen molar-refractivity contribution in [3.8, 4) is 11.5 Å². The Balaban J connectivity index is 1.49. The number of carbonyl (C=O) groups is 1. The Morgan fingerprint density at radius 1 is 1.17 bits per heavy atom. The predicted molar refractivity (Wildman–Crippen MR) is 148 cm³/mol. The molecule has 2 aromatic rings. The van der Waals surface area contributed by atoms with Crippen LogP contribution in [0.5, 0.6) is 11.5 Å². The number of nitrogens with zero attached hydrogens (tertiary/aromatic N) is 2. The van der Waals surface area contributed by atoms with Crippen LogP contribution in [0, 0.1) is 0 Å². The second-order valence-electron chi connectivity index (χ2n) is 8.42. The highest BCUT2D eigenvalue weighted by Gasteiger charge is 2.33. The number of thioether (sulfide) groups is 1. The molecule has 0 spiro atoms. The van der Waals surface area contributed by atoms with Gasteiger partial charge in [0.25, 0.3) is 0 Å². The Bertz CT molecular complexity index is 1120. The lowest BCUT2D eigenvalue weighted by molar-refractivity contribution is -0.117. The van der Waals surface area contributed by atoms with Gasteiger partial charge in [0.05, 0.1) is 42.7 Å². The summed E-state index contributed by atoms with van der Waals surface area (Å²) in [6.45, 7) is 5.22. The van der Waals surface area contributed by atoms with Gasteiger partial charge >= 0.3 is 0 Å². The number of halogens is 2. The van der Waals surface area contributed by atoms with Crippen molar-refractivity contribution >= 4 is 58.5 Å². The van der Waals surface area contributed by atoms with E-state index in [9.17, 15) is 4.79 Å². The van der Waals surface area contributed by atoms with E-state index in [4.69, 9.17) is 37.4 Å². The van der Waals surface area contributed by atoms with Crippen molar-refractivity contribution in [2.45, 2.75) is 24.3 Å². The zero-order chi connectivity index (χ0) is 25.7. The highest BCUT2D eigenvalue weighted by atomic mass is 35.5. The Morgan fingerprint density at radius 2 is 1.97 bits per heavy atom. The van der Waals surface area contributed by atoms with E-state index in [0.717, 1.165) is 36.5 Å². The third-order valence-electron chi connectivity index (χ3n) is 5.86. The summed E-state index contributed by atoms with van der Waals surface area (Å²) in [5.41, 5.74) is 3.18. The molecule has 4 rings (SSSR count). The van der Waals surface area contributed by atoms with Gasteiger partial charge in [0, 0.05) is 38.7 Å². The number of methoxy groups -OCH3 is 2. The Labute approximate surface area is 230 Å². The molecule has 0 radical (unpaired) electrons. The molecule has 2 atom stereocenters. The number of hydrogen-bond donors (Lipinski definition) is 1. The third-order valence-corrected chi connectivity index (χ3v) is 8.93. The molecule has 1 amide bonds. The molecule has 0 aromatic heterocycles. The fraction of sp³-hybridized carbons (Fsp3) is 0.400. The van der Waals surface area contributed by atoms with E-state index in [-0.39, 0.29) is 16.7 Å². The van der Waals surface area contributed by atoms with Crippen LogP contribution in [0.1, 0.15) is 18.1 Å². The summed E-state index contributed by atoms with van der Waals surface area (Å²) in [5, 5.41) is 3.25. The minimum Gasteiger partial charge on any atom is -0.493 e. The van der Waals surface area contributed by atoms with Crippen molar-refractivity contribution in [1.82, 2.24) is 14.5 Å². The highest BCUT2D eigenvalue weighted by Crippen LogP contribution is 2.43. The monoisotopic (exact) mass is 569 g/mol. The average molecular weight is 571 g/mol. The number of benzene rings is 2. The van der Waals surface area contributed by atoms with Gasteiger partial charge < -0.3 is 19.1 Å². The molecule has 1 N–H and O–H groups in total. The molecule has 2 aromatic carbocycles. The first-order valence-corrected chi connectivity index (χ1v) is 14.0. The molecule has 1 fully saturated rings. The first kappa shape index (κ1) is 27.3. The first-order chi connectivity index (χ1) is 17.4. The number of nitrogens with one attached hydrogen (secondary N) is 1. The van der Waals surface area contributed by atoms with E-state index >= 15 is 0 Å². The molecule has 2 aliphatic rings. The van der Waals surface area contributed by atoms with Crippen LogP contribution in [0.25, 0.3) is 5.70 Å². The predicted octanol–water partition coefficient (Wildman–Crippen LogP) is 5.33. The molecule has 0 bridgehead atoms. The Hall–Kier alpha value is -1.75. The quantitative estimate of drug-likeness (QED) is 0.407. The van der Waals surface area contributed by atoms with Gasteiger partial charge in [0.1, 0.15) is 4.71 Å². The lowest BCUT2D eigenvalue weighted by atomic mass is 10.1. The summed E-state index contributed by atoms with van der Waals surface area (Å²) >= 11 is 15.4. The third kappa shape index (κ3) is 6.76. The van der Waals surface area contributed by atoms with Gasteiger partial charge in [-0.2, -0.15) is 0 Å². The van der Waals surface area contributed by atoms with Crippen molar-refractivity contribution in [1.29, 1.82) is 0 Å². The molecule has 11 heteroatoms. The SMILES string of the molecule is COc1ccc(C2=CS[C@@H](SNC(C)=O)N2CC2CN(Cc3ccc(Cl)c(Cl)c3)CCO2)cc1OC. The number of carbonyl (C=O) groups excluding carboxylic acids is 1. The lowest BCUT2D eigenvalue weighted by Crippen LogP contribution is -2.47. The number of morpholine rings is 1. The minimum atomic E-state index is -0.0816. The first-order valence-electron chi connectivity index (χ1n) is 11.4. The van der Waals surface area contributed by atoms with E-state index in [1.807, 2.05) is 36.4 Å². The topological polar surface area (TPSA) is 63.3 Å².